The molecular formula is C21H42N2O6. The van der Waals surface area contributed by atoms with Gasteiger partial charge < -0.3 is 28.4 Å². The fourth-order valence-electron chi connectivity index (χ4n) is 3.11. The molecule has 29 heavy (non-hydrogen) atoms. The van der Waals surface area contributed by atoms with Crippen LogP contribution < -0.4 is 0 Å². The lowest BCUT2D eigenvalue weighted by Gasteiger charge is -2.27. The molecule has 0 radical (unpaired) electrons. The standard InChI is InChI=1S/C21H42N2O6/c1-21(2,3)29-19-20-18-27-14-8-22-4-10-24-11-5-23(9-15-28-20)7-13-26-17-16-25-12-6-22/h20H,4-19H2,1-3H3. The van der Waals surface area contributed by atoms with E-state index in [9.17, 15) is 0 Å². The topological polar surface area (TPSA) is 61.9 Å². The molecule has 172 valence electrons. The Hall–Kier alpha value is -0.320. The number of nitrogens with zero attached hydrogens (tertiary/aromatic N) is 2. The Labute approximate surface area is 176 Å². The summed E-state index contributed by atoms with van der Waals surface area (Å²) < 4.78 is 35.3. The van der Waals surface area contributed by atoms with Crippen molar-refractivity contribution < 1.29 is 28.4 Å². The summed E-state index contributed by atoms with van der Waals surface area (Å²) in [6.45, 7) is 17.8. The van der Waals surface area contributed by atoms with Crippen molar-refractivity contribution in [3.8, 4) is 0 Å². The van der Waals surface area contributed by atoms with Crippen LogP contribution in [-0.2, 0) is 28.4 Å². The van der Waals surface area contributed by atoms with Gasteiger partial charge in [0.2, 0.25) is 0 Å². The van der Waals surface area contributed by atoms with E-state index in [-0.39, 0.29) is 11.7 Å². The van der Waals surface area contributed by atoms with E-state index in [0.717, 1.165) is 52.5 Å². The minimum absolute atomic E-state index is 0.0654. The Morgan fingerprint density at radius 1 is 0.655 bits per heavy atom. The maximum atomic E-state index is 6.13. The number of hydrogen-bond acceptors (Lipinski definition) is 8. The third-order valence-corrected chi connectivity index (χ3v) is 4.90. The average molecular weight is 419 g/mol. The van der Waals surface area contributed by atoms with Crippen molar-refractivity contribution in [1.82, 2.24) is 9.80 Å². The molecule has 3 unspecified atom stereocenters. The molecule has 2 aliphatic heterocycles. The molecule has 0 aromatic rings. The first-order valence-corrected chi connectivity index (χ1v) is 11.0. The molecule has 2 aliphatic rings. The van der Waals surface area contributed by atoms with Gasteiger partial charge in [0.05, 0.1) is 71.7 Å². The first kappa shape index (κ1) is 24.9. The normalized spacial score (nSPS) is 30.5. The molecule has 0 saturated carbocycles. The van der Waals surface area contributed by atoms with E-state index >= 15 is 0 Å². The quantitative estimate of drug-likeness (QED) is 0.613. The molecule has 0 aliphatic carbocycles. The Morgan fingerprint density at radius 3 is 1.62 bits per heavy atom. The fourth-order valence-corrected chi connectivity index (χ4v) is 3.11. The fraction of sp³-hybridized carbons (Fsp3) is 1.00. The molecule has 0 spiro atoms. The summed E-state index contributed by atoms with van der Waals surface area (Å²) >= 11 is 0. The SMILES string of the molecule is CC(C)(C)OCC1COCCN2CCOCCOCCN(CCOCC2)CCO1. The summed E-state index contributed by atoms with van der Waals surface area (Å²) in [6, 6.07) is 0. The second-order valence-electron chi connectivity index (χ2n) is 8.51. The average Bonchev–Trinajstić information content (AvgIpc) is 2.68. The number of hydrogen-bond donors (Lipinski definition) is 0. The smallest absolute Gasteiger partial charge is 0.104 e. The monoisotopic (exact) mass is 418 g/mol. The van der Waals surface area contributed by atoms with Gasteiger partial charge in [0.1, 0.15) is 6.10 Å². The van der Waals surface area contributed by atoms with Crippen LogP contribution in [0.4, 0.5) is 0 Å². The first-order chi connectivity index (χ1) is 14.0. The van der Waals surface area contributed by atoms with Gasteiger partial charge in [-0.25, -0.2) is 0 Å². The van der Waals surface area contributed by atoms with Crippen LogP contribution in [0, 0.1) is 0 Å². The molecule has 8 nitrogen and oxygen atoms in total. The summed E-state index contributed by atoms with van der Waals surface area (Å²) in [7, 11) is 0. The van der Waals surface area contributed by atoms with Crippen molar-refractivity contribution in [1.29, 1.82) is 0 Å². The second-order valence-corrected chi connectivity index (χ2v) is 8.51. The van der Waals surface area contributed by atoms with Crippen LogP contribution in [0.25, 0.3) is 0 Å². The molecule has 0 aromatic carbocycles. The maximum Gasteiger partial charge on any atom is 0.104 e. The highest BCUT2D eigenvalue weighted by Gasteiger charge is 2.18. The first-order valence-electron chi connectivity index (χ1n) is 11.0. The van der Waals surface area contributed by atoms with Gasteiger partial charge >= 0.3 is 0 Å². The van der Waals surface area contributed by atoms with Gasteiger partial charge in [0.25, 0.3) is 0 Å². The largest absolute Gasteiger partial charge is 0.379 e. The summed E-state index contributed by atoms with van der Waals surface area (Å²) in [5, 5.41) is 0. The van der Waals surface area contributed by atoms with Crippen LogP contribution in [0.1, 0.15) is 20.8 Å². The molecule has 2 fully saturated rings. The van der Waals surface area contributed by atoms with E-state index in [0.29, 0.717) is 52.9 Å². The van der Waals surface area contributed by atoms with E-state index in [1.807, 2.05) is 0 Å². The predicted molar refractivity (Wildman–Crippen MR) is 112 cm³/mol. The van der Waals surface area contributed by atoms with E-state index in [4.69, 9.17) is 28.4 Å². The van der Waals surface area contributed by atoms with Crippen LogP contribution in [0.2, 0.25) is 0 Å². The van der Waals surface area contributed by atoms with Crippen LogP contribution in [0.5, 0.6) is 0 Å². The van der Waals surface area contributed by atoms with Gasteiger partial charge in [-0.3, -0.25) is 9.80 Å². The van der Waals surface area contributed by atoms with Crippen molar-refractivity contribution >= 4 is 0 Å². The summed E-state index contributed by atoms with van der Waals surface area (Å²) in [6.07, 6.45) is -0.0654. The van der Waals surface area contributed by atoms with E-state index in [1.54, 1.807) is 0 Å². The van der Waals surface area contributed by atoms with E-state index in [1.165, 1.54) is 0 Å². The van der Waals surface area contributed by atoms with Crippen molar-refractivity contribution in [2.45, 2.75) is 32.5 Å². The predicted octanol–water partition coefficient (Wildman–Crippen LogP) is 0.884. The molecule has 2 rings (SSSR count). The molecule has 2 heterocycles. The summed E-state index contributed by atoms with van der Waals surface area (Å²) in [4.78, 5) is 4.67. The number of fused-ring (bicyclic) bond motifs is 6. The molecule has 0 N–H and O–H groups in total. The molecule has 2 saturated heterocycles. The third kappa shape index (κ3) is 12.9. The summed E-state index contributed by atoms with van der Waals surface area (Å²) in [5.41, 5.74) is -0.189. The Kier molecular flexibility index (Phi) is 12.6. The minimum atomic E-state index is -0.189. The molecule has 2 bridgehead atoms. The number of ether oxygens (including phenoxy) is 6. The number of rotatable bonds is 2. The van der Waals surface area contributed by atoms with Crippen LogP contribution in [0.3, 0.4) is 0 Å². The van der Waals surface area contributed by atoms with Crippen molar-refractivity contribution in [2.75, 3.05) is 105 Å². The van der Waals surface area contributed by atoms with Crippen LogP contribution in [-0.4, -0.2) is 127 Å². The Bertz CT molecular complexity index is 407. The zero-order chi connectivity index (χ0) is 20.8. The van der Waals surface area contributed by atoms with Crippen molar-refractivity contribution in [3.05, 3.63) is 0 Å². The molecule has 0 aromatic heterocycles. The third-order valence-electron chi connectivity index (χ3n) is 4.90. The van der Waals surface area contributed by atoms with Gasteiger partial charge in [0.15, 0.2) is 0 Å². The van der Waals surface area contributed by atoms with Gasteiger partial charge in [-0.05, 0) is 20.8 Å². The van der Waals surface area contributed by atoms with Gasteiger partial charge in [-0.2, -0.15) is 0 Å². The highest BCUT2D eigenvalue weighted by molar-refractivity contribution is 4.66. The molecule has 8 heteroatoms. The Balaban J connectivity index is 1.96. The van der Waals surface area contributed by atoms with Crippen molar-refractivity contribution in [2.24, 2.45) is 0 Å². The lowest BCUT2D eigenvalue weighted by Crippen LogP contribution is -2.37. The zero-order valence-electron chi connectivity index (χ0n) is 18.7. The zero-order valence-corrected chi connectivity index (χ0v) is 18.7. The Morgan fingerprint density at radius 2 is 1.10 bits per heavy atom. The molecular weight excluding hydrogens is 376 g/mol. The van der Waals surface area contributed by atoms with Crippen molar-refractivity contribution in [3.63, 3.8) is 0 Å². The molecule has 3 atom stereocenters. The van der Waals surface area contributed by atoms with Gasteiger partial charge in [0, 0.05) is 39.3 Å². The lowest BCUT2D eigenvalue weighted by molar-refractivity contribution is -0.100. The lowest BCUT2D eigenvalue weighted by atomic mass is 10.2. The second kappa shape index (κ2) is 14.6. The highest BCUT2D eigenvalue weighted by Crippen LogP contribution is 2.09. The van der Waals surface area contributed by atoms with Crippen LogP contribution >= 0.6 is 0 Å². The van der Waals surface area contributed by atoms with E-state index in [2.05, 4.69) is 30.6 Å². The van der Waals surface area contributed by atoms with E-state index < -0.39 is 0 Å². The van der Waals surface area contributed by atoms with Crippen LogP contribution in [0.15, 0.2) is 0 Å². The highest BCUT2D eigenvalue weighted by atomic mass is 16.6. The summed E-state index contributed by atoms with van der Waals surface area (Å²) in [5.74, 6) is 0. The minimum Gasteiger partial charge on any atom is -0.379 e. The van der Waals surface area contributed by atoms with Gasteiger partial charge in [-0.15, -0.1) is 0 Å². The molecule has 0 amide bonds. The maximum absolute atomic E-state index is 6.13. The van der Waals surface area contributed by atoms with Gasteiger partial charge in [-0.1, -0.05) is 0 Å².